The summed E-state index contributed by atoms with van der Waals surface area (Å²) in [6.07, 6.45) is 0. The first-order valence-electron chi connectivity index (χ1n) is 14.4. The molecule has 4 heteroatoms. The number of nitrogens with zero attached hydrogens (tertiary/aromatic N) is 2. The molecule has 0 amide bonds. The number of hydrogen-bond donors (Lipinski definition) is 0. The maximum absolute atomic E-state index is 6.67. The number of furan rings is 2. The van der Waals surface area contributed by atoms with Crippen LogP contribution in [0.3, 0.4) is 0 Å². The van der Waals surface area contributed by atoms with Gasteiger partial charge in [-0.1, -0.05) is 47.5 Å². The summed E-state index contributed by atoms with van der Waals surface area (Å²) in [5, 5.41) is 4.40. The van der Waals surface area contributed by atoms with E-state index in [2.05, 4.69) is 134 Å². The number of aryl methyl sites for hydroxylation is 4. The Morgan fingerprint density at radius 1 is 0.405 bits per heavy atom. The fraction of sp³-hybridized carbons (Fsp3) is 0.105. The van der Waals surface area contributed by atoms with Crippen molar-refractivity contribution in [3.8, 4) is 11.4 Å². The van der Waals surface area contributed by atoms with Crippen LogP contribution in [0, 0.1) is 27.7 Å². The summed E-state index contributed by atoms with van der Waals surface area (Å²) in [6, 6.07) is 35.0. The predicted molar refractivity (Wildman–Crippen MR) is 174 cm³/mol. The SMILES string of the molecule is Cc1ccc(-n2c3cc4c5oc6cc(C)ccc6c5n(-c5ccc(C)cc5)c4cc3c3oc4cc(C)ccc4c32)cc1. The number of rotatable bonds is 2. The van der Waals surface area contributed by atoms with Crippen molar-refractivity contribution in [3.05, 3.63) is 119 Å². The van der Waals surface area contributed by atoms with Gasteiger partial charge in [-0.2, -0.15) is 0 Å². The van der Waals surface area contributed by atoms with Gasteiger partial charge in [0.05, 0.1) is 11.0 Å². The first-order valence-corrected chi connectivity index (χ1v) is 14.4. The number of aromatic nitrogens is 2. The summed E-state index contributed by atoms with van der Waals surface area (Å²) in [4.78, 5) is 0. The van der Waals surface area contributed by atoms with Crippen LogP contribution in [-0.4, -0.2) is 9.13 Å². The Morgan fingerprint density at radius 2 is 0.786 bits per heavy atom. The van der Waals surface area contributed by atoms with Crippen LogP contribution in [0.25, 0.3) is 77.3 Å². The quantitative estimate of drug-likeness (QED) is 0.217. The molecule has 9 aromatic rings. The molecular weight excluding hydrogens is 516 g/mol. The molecule has 0 atom stereocenters. The Labute approximate surface area is 242 Å². The first-order chi connectivity index (χ1) is 20.4. The van der Waals surface area contributed by atoms with Crippen LogP contribution in [0.5, 0.6) is 0 Å². The summed E-state index contributed by atoms with van der Waals surface area (Å²) >= 11 is 0. The molecule has 0 spiro atoms. The maximum atomic E-state index is 6.67. The normalized spacial score (nSPS) is 12.3. The lowest BCUT2D eigenvalue weighted by molar-refractivity contribution is 0.672. The van der Waals surface area contributed by atoms with Gasteiger partial charge in [0.15, 0.2) is 11.2 Å². The van der Waals surface area contributed by atoms with Crippen molar-refractivity contribution in [1.82, 2.24) is 9.13 Å². The van der Waals surface area contributed by atoms with E-state index in [-0.39, 0.29) is 0 Å². The Balaban J connectivity index is 1.50. The lowest BCUT2D eigenvalue weighted by atomic mass is 10.1. The van der Waals surface area contributed by atoms with Crippen LogP contribution in [0.1, 0.15) is 22.3 Å². The Morgan fingerprint density at radius 3 is 1.19 bits per heavy atom. The molecule has 0 aliphatic rings. The molecule has 0 unspecified atom stereocenters. The van der Waals surface area contributed by atoms with Gasteiger partial charge in [0.25, 0.3) is 0 Å². The summed E-state index contributed by atoms with van der Waals surface area (Å²) < 4.78 is 18.0. The molecule has 5 aromatic carbocycles. The van der Waals surface area contributed by atoms with Crippen LogP contribution < -0.4 is 0 Å². The van der Waals surface area contributed by atoms with Crippen molar-refractivity contribution < 1.29 is 8.83 Å². The Bertz CT molecular complexity index is 2350. The second-order valence-electron chi connectivity index (χ2n) is 11.8. The highest BCUT2D eigenvalue weighted by molar-refractivity contribution is 6.23. The zero-order valence-corrected chi connectivity index (χ0v) is 23.9. The fourth-order valence-corrected chi connectivity index (χ4v) is 6.67. The lowest BCUT2D eigenvalue weighted by Crippen LogP contribution is -1.95. The highest BCUT2D eigenvalue weighted by Crippen LogP contribution is 2.45. The van der Waals surface area contributed by atoms with E-state index in [1.807, 2.05) is 0 Å². The minimum absolute atomic E-state index is 0.904. The predicted octanol–water partition coefficient (Wildman–Crippen LogP) is 10.6. The van der Waals surface area contributed by atoms with Crippen molar-refractivity contribution in [2.24, 2.45) is 0 Å². The van der Waals surface area contributed by atoms with Gasteiger partial charge in [-0.3, -0.25) is 0 Å². The molecule has 0 radical (unpaired) electrons. The van der Waals surface area contributed by atoms with Gasteiger partial charge in [-0.25, -0.2) is 0 Å². The fourth-order valence-electron chi connectivity index (χ4n) is 6.67. The highest BCUT2D eigenvalue weighted by Gasteiger charge is 2.25. The average Bonchev–Trinajstić information content (AvgIpc) is 3.69. The third-order valence-electron chi connectivity index (χ3n) is 8.76. The van der Waals surface area contributed by atoms with Crippen LogP contribution >= 0.6 is 0 Å². The van der Waals surface area contributed by atoms with Gasteiger partial charge in [0, 0.05) is 32.9 Å². The molecule has 4 aromatic heterocycles. The maximum Gasteiger partial charge on any atom is 0.161 e. The first kappa shape index (κ1) is 23.5. The molecule has 0 saturated carbocycles. The number of fused-ring (bicyclic) bond motifs is 10. The largest absolute Gasteiger partial charge is 0.454 e. The van der Waals surface area contributed by atoms with Crippen molar-refractivity contribution in [2.75, 3.05) is 0 Å². The molecule has 0 N–H and O–H groups in total. The minimum Gasteiger partial charge on any atom is -0.454 e. The number of hydrogen-bond acceptors (Lipinski definition) is 2. The molecule has 42 heavy (non-hydrogen) atoms. The van der Waals surface area contributed by atoms with E-state index in [0.717, 1.165) is 77.3 Å². The Kier molecular flexibility index (Phi) is 4.57. The molecule has 202 valence electrons. The molecule has 0 saturated heterocycles. The molecule has 0 fully saturated rings. The Hall–Kier alpha value is -5.22. The van der Waals surface area contributed by atoms with E-state index < -0.39 is 0 Å². The third kappa shape index (κ3) is 3.12. The average molecular weight is 545 g/mol. The third-order valence-corrected chi connectivity index (χ3v) is 8.76. The van der Waals surface area contributed by atoms with Gasteiger partial charge < -0.3 is 18.0 Å². The van der Waals surface area contributed by atoms with Crippen molar-refractivity contribution in [3.63, 3.8) is 0 Å². The summed E-state index contributed by atoms with van der Waals surface area (Å²) in [7, 11) is 0. The van der Waals surface area contributed by atoms with Gasteiger partial charge in [-0.05, 0) is 99.5 Å². The molecule has 0 aliphatic carbocycles. The van der Waals surface area contributed by atoms with Gasteiger partial charge >= 0.3 is 0 Å². The van der Waals surface area contributed by atoms with Crippen molar-refractivity contribution >= 4 is 65.9 Å². The van der Waals surface area contributed by atoms with Crippen molar-refractivity contribution in [2.45, 2.75) is 27.7 Å². The van der Waals surface area contributed by atoms with Crippen LogP contribution in [0.4, 0.5) is 0 Å². The van der Waals surface area contributed by atoms with E-state index in [9.17, 15) is 0 Å². The zero-order chi connectivity index (χ0) is 28.3. The van der Waals surface area contributed by atoms with E-state index in [0.29, 0.717) is 0 Å². The van der Waals surface area contributed by atoms with Gasteiger partial charge in [0.2, 0.25) is 0 Å². The number of benzene rings is 5. The molecule has 0 aliphatic heterocycles. The lowest BCUT2D eigenvalue weighted by Gasteiger charge is -2.10. The van der Waals surface area contributed by atoms with Crippen molar-refractivity contribution in [1.29, 1.82) is 0 Å². The highest BCUT2D eigenvalue weighted by atomic mass is 16.3. The molecule has 9 rings (SSSR count). The van der Waals surface area contributed by atoms with Crippen LogP contribution in [0.2, 0.25) is 0 Å². The van der Waals surface area contributed by atoms with E-state index in [1.165, 1.54) is 22.3 Å². The van der Waals surface area contributed by atoms with E-state index in [4.69, 9.17) is 8.83 Å². The summed E-state index contributed by atoms with van der Waals surface area (Å²) in [5.74, 6) is 0. The van der Waals surface area contributed by atoms with Gasteiger partial charge in [-0.15, -0.1) is 0 Å². The molecular formula is C38H28N2O2. The monoisotopic (exact) mass is 544 g/mol. The molecule has 4 heterocycles. The van der Waals surface area contributed by atoms with E-state index in [1.54, 1.807) is 0 Å². The topological polar surface area (TPSA) is 36.1 Å². The second-order valence-corrected chi connectivity index (χ2v) is 11.8. The zero-order valence-electron chi connectivity index (χ0n) is 23.9. The second kappa shape index (κ2) is 8.17. The van der Waals surface area contributed by atoms with Gasteiger partial charge in [0.1, 0.15) is 22.2 Å². The van der Waals surface area contributed by atoms with Crippen LogP contribution in [0.15, 0.2) is 106 Å². The standard InChI is InChI=1S/C38H28N2O2/c1-21-5-11-25(12-6-21)39-31-19-30-32(20-29(31)37-35(39)27-15-9-23(3)17-33(27)41-37)40(26-13-7-22(2)8-14-26)36-28-16-10-24(4)18-34(28)42-38(30)36/h5-20H,1-4H3. The minimum atomic E-state index is 0.904. The molecule has 4 nitrogen and oxygen atoms in total. The smallest absolute Gasteiger partial charge is 0.161 e. The van der Waals surface area contributed by atoms with E-state index >= 15 is 0 Å². The summed E-state index contributed by atoms with van der Waals surface area (Å²) in [5.41, 5.74) is 15.1. The van der Waals surface area contributed by atoms with Crippen LogP contribution in [-0.2, 0) is 0 Å². The summed E-state index contributed by atoms with van der Waals surface area (Å²) in [6.45, 7) is 8.47. The molecule has 0 bridgehead atoms.